The van der Waals surface area contributed by atoms with E-state index in [2.05, 4.69) is 34.1 Å². The first-order valence-electron chi connectivity index (χ1n) is 7.60. The molecule has 5 nitrogen and oxygen atoms in total. The van der Waals surface area contributed by atoms with E-state index in [1.165, 1.54) is 0 Å². The zero-order valence-electron chi connectivity index (χ0n) is 12.6. The second kappa shape index (κ2) is 6.99. The van der Waals surface area contributed by atoms with Crippen LogP contribution >= 0.6 is 0 Å². The van der Waals surface area contributed by atoms with E-state index in [9.17, 15) is 5.11 Å². The monoisotopic (exact) mass is 270 g/mol. The molecule has 112 valence electrons. The summed E-state index contributed by atoms with van der Waals surface area (Å²) in [5.74, 6) is 0. The molecular weight excluding hydrogens is 240 g/mol. The summed E-state index contributed by atoms with van der Waals surface area (Å²) in [6.45, 7) is 9.55. The van der Waals surface area contributed by atoms with Crippen molar-refractivity contribution in [1.82, 2.24) is 20.0 Å². The number of nitrogens with one attached hydrogen (secondary N) is 1. The molecule has 5 heteroatoms. The van der Waals surface area contributed by atoms with Crippen molar-refractivity contribution >= 4 is 0 Å². The zero-order chi connectivity index (χ0) is 13.7. The molecule has 2 aliphatic heterocycles. The Balaban J connectivity index is 1.68. The average molecular weight is 270 g/mol. The summed E-state index contributed by atoms with van der Waals surface area (Å²) in [5.41, 5.74) is -0.447. The fraction of sp³-hybridized carbons (Fsp3) is 1.00. The van der Waals surface area contributed by atoms with Crippen molar-refractivity contribution in [2.75, 3.05) is 73.0 Å². The molecule has 2 fully saturated rings. The second-order valence-corrected chi connectivity index (χ2v) is 6.40. The predicted molar refractivity (Wildman–Crippen MR) is 78.5 cm³/mol. The fourth-order valence-corrected chi connectivity index (χ4v) is 2.98. The Hall–Kier alpha value is -0.200. The summed E-state index contributed by atoms with van der Waals surface area (Å²) in [4.78, 5) is 7.21. The van der Waals surface area contributed by atoms with Crippen LogP contribution in [0.25, 0.3) is 0 Å². The average Bonchev–Trinajstić information content (AvgIpc) is 2.38. The summed E-state index contributed by atoms with van der Waals surface area (Å²) >= 11 is 0. The molecule has 2 N–H and O–H groups in total. The number of rotatable bonds is 5. The third-order valence-corrected chi connectivity index (χ3v) is 4.38. The van der Waals surface area contributed by atoms with Gasteiger partial charge in [-0.2, -0.15) is 0 Å². The van der Waals surface area contributed by atoms with Crippen LogP contribution in [0.5, 0.6) is 0 Å². The SMILES string of the molecule is CN(C)CCN1CCN(CC2(O)CCNCC2)CC1. The normalized spacial score (nSPS) is 25.9. The molecule has 0 spiro atoms. The first kappa shape index (κ1) is 15.2. The highest BCUT2D eigenvalue weighted by Gasteiger charge is 2.32. The van der Waals surface area contributed by atoms with Crippen LogP contribution in [0.3, 0.4) is 0 Å². The molecule has 2 rings (SSSR count). The van der Waals surface area contributed by atoms with Crippen molar-refractivity contribution in [1.29, 1.82) is 0 Å². The van der Waals surface area contributed by atoms with Gasteiger partial charge in [-0.1, -0.05) is 0 Å². The summed E-state index contributed by atoms with van der Waals surface area (Å²) in [5, 5.41) is 13.9. The van der Waals surface area contributed by atoms with E-state index >= 15 is 0 Å². The Morgan fingerprint density at radius 1 is 1.05 bits per heavy atom. The summed E-state index contributed by atoms with van der Waals surface area (Å²) < 4.78 is 0. The summed E-state index contributed by atoms with van der Waals surface area (Å²) in [6, 6.07) is 0. The van der Waals surface area contributed by atoms with E-state index in [1.807, 2.05) is 0 Å². The molecule has 0 saturated carbocycles. The number of β-amino-alcohol motifs (C(OH)–C–C–N with tert-alkyl or cyclic N) is 1. The number of piperidine rings is 1. The molecule has 0 aromatic rings. The van der Waals surface area contributed by atoms with Gasteiger partial charge in [-0.25, -0.2) is 0 Å². The lowest BCUT2D eigenvalue weighted by molar-refractivity contribution is -0.0308. The van der Waals surface area contributed by atoms with Crippen LogP contribution in [0.4, 0.5) is 0 Å². The Bertz CT molecular complexity index is 258. The van der Waals surface area contributed by atoms with Crippen LogP contribution < -0.4 is 5.32 Å². The molecule has 2 aliphatic rings. The number of likely N-dealkylation sites (N-methyl/N-ethyl adjacent to an activating group) is 1. The topological polar surface area (TPSA) is 42.0 Å². The van der Waals surface area contributed by atoms with Crippen LogP contribution in [0.15, 0.2) is 0 Å². The lowest BCUT2D eigenvalue weighted by Gasteiger charge is -2.41. The molecule has 0 aromatic carbocycles. The van der Waals surface area contributed by atoms with Crippen molar-refractivity contribution < 1.29 is 5.11 Å². The predicted octanol–water partition coefficient (Wildman–Crippen LogP) is -0.720. The molecule has 2 heterocycles. The number of aliphatic hydroxyl groups is 1. The quantitative estimate of drug-likeness (QED) is 0.690. The minimum Gasteiger partial charge on any atom is -0.388 e. The maximum Gasteiger partial charge on any atom is 0.0798 e. The van der Waals surface area contributed by atoms with Gasteiger partial charge in [0.05, 0.1) is 5.60 Å². The van der Waals surface area contributed by atoms with E-state index in [0.717, 1.165) is 71.7 Å². The van der Waals surface area contributed by atoms with Gasteiger partial charge in [0.25, 0.3) is 0 Å². The number of hydrogen-bond acceptors (Lipinski definition) is 5. The van der Waals surface area contributed by atoms with Crippen LogP contribution in [-0.4, -0.2) is 98.4 Å². The van der Waals surface area contributed by atoms with E-state index in [-0.39, 0.29) is 0 Å². The van der Waals surface area contributed by atoms with Gasteiger partial charge in [0.15, 0.2) is 0 Å². The molecule has 0 radical (unpaired) electrons. The van der Waals surface area contributed by atoms with Gasteiger partial charge in [-0.3, -0.25) is 9.80 Å². The van der Waals surface area contributed by atoms with Crippen LogP contribution in [0.2, 0.25) is 0 Å². The van der Waals surface area contributed by atoms with Crippen molar-refractivity contribution in [3.8, 4) is 0 Å². The highest BCUT2D eigenvalue weighted by atomic mass is 16.3. The first-order chi connectivity index (χ1) is 9.07. The number of nitrogens with zero attached hydrogens (tertiary/aromatic N) is 3. The van der Waals surface area contributed by atoms with Gasteiger partial charge in [-0.05, 0) is 40.0 Å². The molecule has 0 bridgehead atoms. The standard InChI is InChI=1S/C14H30N4O/c1-16(2)7-8-17-9-11-18(12-10-17)13-14(19)3-5-15-6-4-14/h15,19H,3-13H2,1-2H3. The van der Waals surface area contributed by atoms with E-state index in [1.54, 1.807) is 0 Å². The van der Waals surface area contributed by atoms with E-state index in [4.69, 9.17) is 0 Å². The van der Waals surface area contributed by atoms with Gasteiger partial charge >= 0.3 is 0 Å². The lowest BCUT2D eigenvalue weighted by Crippen LogP contribution is -2.55. The van der Waals surface area contributed by atoms with Crippen molar-refractivity contribution in [2.24, 2.45) is 0 Å². The minimum absolute atomic E-state index is 0.447. The molecular formula is C14H30N4O. The van der Waals surface area contributed by atoms with Gasteiger partial charge in [0.1, 0.15) is 0 Å². The summed E-state index contributed by atoms with van der Waals surface area (Å²) in [7, 11) is 4.26. The Morgan fingerprint density at radius 2 is 1.63 bits per heavy atom. The fourth-order valence-electron chi connectivity index (χ4n) is 2.98. The molecule has 2 saturated heterocycles. The van der Waals surface area contributed by atoms with Crippen LogP contribution in [0.1, 0.15) is 12.8 Å². The molecule has 0 unspecified atom stereocenters. The van der Waals surface area contributed by atoms with E-state index in [0.29, 0.717) is 0 Å². The maximum atomic E-state index is 10.6. The van der Waals surface area contributed by atoms with Crippen molar-refractivity contribution in [3.05, 3.63) is 0 Å². The minimum atomic E-state index is -0.447. The van der Waals surface area contributed by atoms with Gasteiger partial charge in [0.2, 0.25) is 0 Å². The largest absolute Gasteiger partial charge is 0.388 e. The number of hydrogen-bond donors (Lipinski definition) is 2. The van der Waals surface area contributed by atoms with E-state index < -0.39 is 5.60 Å². The van der Waals surface area contributed by atoms with Crippen molar-refractivity contribution in [3.63, 3.8) is 0 Å². The zero-order valence-corrected chi connectivity index (χ0v) is 12.6. The van der Waals surface area contributed by atoms with Gasteiger partial charge < -0.3 is 15.3 Å². The maximum absolute atomic E-state index is 10.6. The summed E-state index contributed by atoms with van der Waals surface area (Å²) in [6.07, 6.45) is 1.79. The Morgan fingerprint density at radius 3 is 2.21 bits per heavy atom. The van der Waals surface area contributed by atoms with Gasteiger partial charge in [-0.15, -0.1) is 0 Å². The van der Waals surface area contributed by atoms with Crippen LogP contribution in [0, 0.1) is 0 Å². The molecule has 0 aromatic heterocycles. The second-order valence-electron chi connectivity index (χ2n) is 6.40. The molecule has 19 heavy (non-hydrogen) atoms. The molecule has 0 amide bonds. The first-order valence-corrected chi connectivity index (χ1v) is 7.60. The third-order valence-electron chi connectivity index (χ3n) is 4.38. The molecule has 0 atom stereocenters. The Labute approximate surface area is 117 Å². The van der Waals surface area contributed by atoms with Crippen molar-refractivity contribution in [2.45, 2.75) is 18.4 Å². The lowest BCUT2D eigenvalue weighted by atomic mass is 9.91. The van der Waals surface area contributed by atoms with Gasteiger partial charge in [0, 0.05) is 45.8 Å². The highest BCUT2D eigenvalue weighted by Crippen LogP contribution is 2.20. The third kappa shape index (κ3) is 5.00. The Kier molecular flexibility index (Phi) is 5.59. The molecule has 0 aliphatic carbocycles. The smallest absolute Gasteiger partial charge is 0.0798 e. The van der Waals surface area contributed by atoms with Crippen LogP contribution in [-0.2, 0) is 0 Å². The number of piperazine rings is 1. The highest BCUT2D eigenvalue weighted by molar-refractivity contribution is 4.88.